The quantitative estimate of drug-likeness (QED) is 0.475. The van der Waals surface area contributed by atoms with Gasteiger partial charge >= 0.3 is 6.03 Å². The van der Waals surface area contributed by atoms with Gasteiger partial charge in [-0.3, -0.25) is 20.4 Å². The van der Waals surface area contributed by atoms with Crippen LogP contribution in [0.25, 0.3) is 0 Å². The van der Waals surface area contributed by atoms with Crippen LogP contribution in [0.15, 0.2) is 24.3 Å². The molecule has 1 rings (SSSR count). The van der Waals surface area contributed by atoms with Crippen molar-refractivity contribution in [2.45, 2.75) is 25.8 Å². The number of ether oxygens (including phenoxy) is 1. The van der Waals surface area contributed by atoms with E-state index in [0.29, 0.717) is 17.9 Å². The molecule has 1 aromatic rings. The first-order valence-corrected chi connectivity index (χ1v) is 9.21. The van der Waals surface area contributed by atoms with Gasteiger partial charge in [-0.15, -0.1) is 0 Å². The van der Waals surface area contributed by atoms with Crippen molar-refractivity contribution in [3.63, 3.8) is 0 Å². The Morgan fingerprint density at radius 2 is 1.88 bits per heavy atom. The van der Waals surface area contributed by atoms with E-state index in [1.807, 2.05) is 25.3 Å². The first-order valence-electron chi connectivity index (χ1n) is 7.81. The highest BCUT2D eigenvalue weighted by atomic mass is 32.2. The minimum absolute atomic E-state index is 0.246. The summed E-state index contributed by atoms with van der Waals surface area (Å²) < 4.78 is 5.33. The molecule has 0 saturated carbocycles. The molecule has 0 aliphatic carbocycles. The van der Waals surface area contributed by atoms with Gasteiger partial charge in [0.2, 0.25) is 0 Å². The van der Waals surface area contributed by atoms with E-state index in [9.17, 15) is 14.4 Å². The van der Waals surface area contributed by atoms with Crippen LogP contribution >= 0.6 is 11.8 Å². The molecule has 5 N–H and O–H groups in total. The van der Waals surface area contributed by atoms with Gasteiger partial charge in [0.15, 0.2) is 6.61 Å². The van der Waals surface area contributed by atoms with Crippen LogP contribution in [0.4, 0.5) is 4.79 Å². The van der Waals surface area contributed by atoms with Gasteiger partial charge in [-0.1, -0.05) is 19.1 Å². The molecule has 0 radical (unpaired) electrons. The second kappa shape index (κ2) is 11.2. The van der Waals surface area contributed by atoms with Crippen molar-refractivity contribution < 1.29 is 19.1 Å². The van der Waals surface area contributed by atoms with Crippen molar-refractivity contribution in [2.75, 3.05) is 18.6 Å². The minimum Gasteiger partial charge on any atom is -0.484 e. The molecule has 0 spiro atoms. The summed E-state index contributed by atoms with van der Waals surface area (Å²) in [5.74, 6) is 0.152. The van der Waals surface area contributed by atoms with Crippen LogP contribution < -0.4 is 26.6 Å². The molecule has 0 saturated heterocycles. The Morgan fingerprint density at radius 1 is 1.20 bits per heavy atom. The molecule has 4 amide bonds. The number of primary amides is 1. The van der Waals surface area contributed by atoms with E-state index in [4.69, 9.17) is 10.5 Å². The fourth-order valence-corrected chi connectivity index (χ4v) is 2.37. The molecule has 0 aromatic heterocycles. The number of urea groups is 1. The number of amides is 4. The number of hydrazine groups is 1. The van der Waals surface area contributed by atoms with Crippen molar-refractivity contribution in [3.05, 3.63) is 29.8 Å². The lowest BCUT2D eigenvalue weighted by Crippen LogP contribution is -2.54. The lowest BCUT2D eigenvalue weighted by Gasteiger charge is -2.17. The van der Waals surface area contributed by atoms with Crippen LogP contribution in [0, 0.1) is 0 Å². The third-order valence-electron chi connectivity index (χ3n) is 3.27. The smallest absolute Gasteiger partial charge is 0.312 e. The average molecular weight is 368 g/mol. The molecule has 0 aliphatic rings. The predicted octanol–water partition coefficient (Wildman–Crippen LogP) is 0.565. The van der Waals surface area contributed by atoms with E-state index >= 15 is 0 Å². The molecule has 0 heterocycles. The van der Waals surface area contributed by atoms with Crippen LogP contribution in [0.1, 0.15) is 18.9 Å². The van der Waals surface area contributed by atoms with Crippen LogP contribution in [0.3, 0.4) is 0 Å². The summed E-state index contributed by atoms with van der Waals surface area (Å²) in [5.41, 5.74) is 10.7. The van der Waals surface area contributed by atoms with Gasteiger partial charge in [0, 0.05) is 0 Å². The number of aryl methyl sites for hydroxylation is 1. The molecule has 0 unspecified atom stereocenters. The van der Waals surface area contributed by atoms with E-state index in [2.05, 4.69) is 16.2 Å². The van der Waals surface area contributed by atoms with E-state index < -0.39 is 23.9 Å². The Hall–Kier alpha value is -2.42. The van der Waals surface area contributed by atoms with E-state index in [1.54, 1.807) is 12.1 Å². The molecule has 0 bridgehead atoms. The fraction of sp³-hybridized carbons (Fsp3) is 0.438. The molecular formula is C16H24N4O4S. The zero-order valence-electron chi connectivity index (χ0n) is 14.3. The summed E-state index contributed by atoms with van der Waals surface area (Å²) in [6.45, 7) is 1.80. The molecule has 1 aromatic carbocycles. The first-order chi connectivity index (χ1) is 12.0. The van der Waals surface area contributed by atoms with Gasteiger partial charge < -0.3 is 15.8 Å². The molecule has 138 valence electrons. The summed E-state index contributed by atoms with van der Waals surface area (Å²) in [6.07, 6.45) is 3.20. The van der Waals surface area contributed by atoms with Crippen molar-refractivity contribution in [1.82, 2.24) is 16.2 Å². The Labute approximate surface area is 151 Å². The number of hydrogen-bond acceptors (Lipinski definition) is 5. The maximum Gasteiger partial charge on any atom is 0.312 e. The number of benzene rings is 1. The van der Waals surface area contributed by atoms with E-state index in [1.165, 1.54) is 17.3 Å². The highest BCUT2D eigenvalue weighted by Gasteiger charge is 2.19. The minimum atomic E-state index is -0.812. The zero-order chi connectivity index (χ0) is 18.7. The number of carbonyl (C=O) groups excluding carboxylic acids is 3. The number of thioether (sulfide) groups is 1. The molecule has 0 fully saturated rings. The van der Waals surface area contributed by atoms with Gasteiger partial charge in [0.1, 0.15) is 11.8 Å². The Bertz CT molecular complexity index is 580. The molecule has 25 heavy (non-hydrogen) atoms. The van der Waals surface area contributed by atoms with Gasteiger partial charge in [-0.05, 0) is 42.5 Å². The second-order valence-electron chi connectivity index (χ2n) is 5.17. The van der Waals surface area contributed by atoms with Crippen LogP contribution in [-0.4, -0.2) is 42.5 Å². The van der Waals surface area contributed by atoms with Gasteiger partial charge in [0.25, 0.3) is 11.8 Å². The number of nitrogens with one attached hydrogen (secondary N) is 3. The number of carbonyl (C=O) groups is 3. The highest BCUT2D eigenvalue weighted by Crippen LogP contribution is 2.12. The highest BCUT2D eigenvalue weighted by molar-refractivity contribution is 7.98. The third-order valence-corrected chi connectivity index (χ3v) is 3.91. The third kappa shape index (κ3) is 8.30. The van der Waals surface area contributed by atoms with Crippen molar-refractivity contribution in [3.8, 4) is 5.75 Å². The summed E-state index contributed by atoms with van der Waals surface area (Å²) in [6, 6.07) is 5.78. The normalized spacial score (nSPS) is 11.3. The molecule has 1 atom stereocenters. The number of nitrogens with two attached hydrogens (primary N) is 1. The van der Waals surface area contributed by atoms with E-state index in [-0.39, 0.29) is 6.61 Å². The average Bonchev–Trinajstić information content (AvgIpc) is 2.61. The largest absolute Gasteiger partial charge is 0.484 e. The SMILES string of the molecule is CCc1ccc(OCC(=O)NNC(=O)[C@H](CCSC)NC(N)=O)cc1. The molecule has 9 heteroatoms. The summed E-state index contributed by atoms with van der Waals surface area (Å²) in [5, 5.41) is 2.34. The zero-order valence-corrected chi connectivity index (χ0v) is 15.2. The molecular weight excluding hydrogens is 344 g/mol. The Kier molecular flexibility index (Phi) is 9.23. The van der Waals surface area contributed by atoms with Crippen LogP contribution in [0.2, 0.25) is 0 Å². The summed E-state index contributed by atoms with van der Waals surface area (Å²) in [4.78, 5) is 34.7. The van der Waals surface area contributed by atoms with Gasteiger partial charge in [0.05, 0.1) is 0 Å². The van der Waals surface area contributed by atoms with E-state index in [0.717, 1.165) is 6.42 Å². The van der Waals surface area contributed by atoms with Crippen LogP contribution in [0.5, 0.6) is 5.75 Å². The Balaban J connectivity index is 2.39. The lowest BCUT2D eigenvalue weighted by atomic mass is 10.2. The van der Waals surface area contributed by atoms with Crippen molar-refractivity contribution in [2.24, 2.45) is 5.73 Å². The first kappa shape index (κ1) is 20.6. The molecule has 0 aliphatic heterocycles. The maximum absolute atomic E-state index is 12.0. The molecule has 8 nitrogen and oxygen atoms in total. The number of rotatable bonds is 9. The predicted molar refractivity (Wildman–Crippen MR) is 97.1 cm³/mol. The standard InChI is InChI=1S/C16H24N4O4S/c1-3-11-4-6-12(7-5-11)24-10-14(21)19-20-15(22)13(8-9-25-2)18-16(17)23/h4-7,13H,3,8-10H2,1-2H3,(H,19,21)(H,20,22)(H3,17,18,23)/t13-/m0/s1. The fourth-order valence-electron chi connectivity index (χ4n) is 1.90. The van der Waals surface area contributed by atoms with Crippen molar-refractivity contribution in [1.29, 1.82) is 0 Å². The Morgan fingerprint density at radius 3 is 2.44 bits per heavy atom. The summed E-state index contributed by atoms with van der Waals surface area (Å²) >= 11 is 1.53. The lowest BCUT2D eigenvalue weighted by molar-refractivity contribution is -0.130. The topological polar surface area (TPSA) is 123 Å². The second-order valence-corrected chi connectivity index (χ2v) is 6.15. The van der Waals surface area contributed by atoms with Crippen LogP contribution in [-0.2, 0) is 16.0 Å². The maximum atomic E-state index is 12.0. The van der Waals surface area contributed by atoms with Crippen molar-refractivity contribution >= 4 is 29.6 Å². The number of hydrogen-bond donors (Lipinski definition) is 4. The summed E-state index contributed by atoms with van der Waals surface area (Å²) in [7, 11) is 0. The monoisotopic (exact) mass is 368 g/mol. The van der Waals surface area contributed by atoms with Gasteiger partial charge in [-0.2, -0.15) is 11.8 Å². The van der Waals surface area contributed by atoms with Gasteiger partial charge in [-0.25, -0.2) is 4.79 Å².